The third kappa shape index (κ3) is 2.30. The zero-order chi connectivity index (χ0) is 10.8. The number of alkyl halides is 1. The predicted octanol–water partition coefficient (Wildman–Crippen LogP) is 3.57. The van der Waals surface area contributed by atoms with Gasteiger partial charge in [-0.25, -0.2) is 0 Å². The molecule has 1 fully saturated rings. The van der Waals surface area contributed by atoms with E-state index in [1.807, 2.05) is 18.2 Å². The first kappa shape index (κ1) is 11.2. The van der Waals surface area contributed by atoms with Gasteiger partial charge in [-0.2, -0.15) is 0 Å². The van der Waals surface area contributed by atoms with Gasteiger partial charge in [-0.3, -0.25) is 0 Å². The van der Waals surface area contributed by atoms with Crippen LogP contribution in [-0.2, 0) is 4.74 Å². The SMILES string of the molecule is COc1ccc(Cl)cc1C1OCCC1Br. The largest absolute Gasteiger partial charge is 0.496 e. The summed E-state index contributed by atoms with van der Waals surface area (Å²) in [6.45, 7) is 0.774. The van der Waals surface area contributed by atoms with Gasteiger partial charge in [-0.1, -0.05) is 27.5 Å². The zero-order valence-electron chi connectivity index (χ0n) is 8.37. The highest BCUT2D eigenvalue weighted by Gasteiger charge is 2.29. The number of rotatable bonds is 2. The third-order valence-electron chi connectivity index (χ3n) is 2.52. The first-order valence-corrected chi connectivity index (χ1v) is 6.11. The van der Waals surface area contributed by atoms with Crippen LogP contribution in [0.15, 0.2) is 18.2 Å². The van der Waals surface area contributed by atoms with Crippen molar-refractivity contribution in [1.29, 1.82) is 0 Å². The summed E-state index contributed by atoms with van der Waals surface area (Å²) in [7, 11) is 1.66. The predicted molar refractivity (Wildman–Crippen MR) is 64.0 cm³/mol. The Morgan fingerprint density at radius 3 is 2.93 bits per heavy atom. The Kier molecular flexibility index (Phi) is 3.54. The van der Waals surface area contributed by atoms with Gasteiger partial charge in [0.2, 0.25) is 0 Å². The molecule has 0 saturated carbocycles. The summed E-state index contributed by atoms with van der Waals surface area (Å²) >= 11 is 9.58. The van der Waals surface area contributed by atoms with Crippen molar-refractivity contribution in [3.8, 4) is 5.75 Å². The highest BCUT2D eigenvalue weighted by atomic mass is 79.9. The normalized spacial score (nSPS) is 25.5. The van der Waals surface area contributed by atoms with Crippen molar-refractivity contribution in [3.63, 3.8) is 0 Å². The molecule has 0 aromatic heterocycles. The molecule has 15 heavy (non-hydrogen) atoms. The van der Waals surface area contributed by atoms with Crippen LogP contribution >= 0.6 is 27.5 Å². The van der Waals surface area contributed by atoms with Crippen molar-refractivity contribution in [2.24, 2.45) is 0 Å². The fourth-order valence-corrected chi connectivity index (χ4v) is 2.58. The van der Waals surface area contributed by atoms with E-state index in [-0.39, 0.29) is 6.10 Å². The van der Waals surface area contributed by atoms with E-state index < -0.39 is 0 Å². The van der Waals surface area contributed by atoms with Gasteiger partial charge in [-0.15, -0.1) is 0 Å². The molecule has 1 aromatic rings. The topological polar surface area (TPSA) is 18.5 Å². The van der Waals surface area contributed by atoms with Crippen LogP contribution in [0.5, 0.6) is 5.75 Å². The maximum Gasteiger partial charge on any atom is 0.124 e. The van der Waals surface area contributed by atoms with E-state index in [2.05, 4.69) is 15.9 Å². The number of hydrogen-bond acceptors (Lipinski definition) is 2. The van der Waals surface area contributed by atoms with Crippen LogP contribution < -0.4 is 4.74 Å². The maximum absolute atomic E-state index is 5.97. The molecular weight excluding hydrogens is 279 g/mol. The van der Waals surface area contributed by atoms with Gasteiger partial charge in [0, 0.05) is 22.0 Å². The monoisotopic (exact) mass is 290 g/mol. The molecule has 4 heteroatoms. The third-order valence-corrected chi connectivity index (χ3v) is 3.69. The van der Waals surface area contributed by atoms with Gasteiger partial charge in [0.1, 0.15) is 5.75 Å². The molecule has 0 N–H and O–H groups in total. The standard InChI is InChI=1S/C11H12BrClO2/c1-14-10-3-2-7(13)6-8(10)11-9(12)4-5-15-11/h2-3,6,9,11H,4-5H2,1H3. The second-order valence-electron chi connectivity index (χ2n) is 3.48. The molecule has 2 unspecified atom stereocenters. The molecule has 0 aliphatic carbocycles. The molecule has 2 rings (SSSR count). The van der Waals surface area contributed by atoms with Crippen LogP contribution in [0.4, 0.5) is 0 Å². The van der Waals surface area contributed by atoms with E-state index in [1.54, 1.807) is 7.11 Å². The first-order chi connectivity index (χ1) is 7.22. The Morgan fingerprint density at radius 2 is 2.33 bits per heavy atom. The molecule has 0 bridgehead atoms. The minimum Gasteiger partial charge on any atom is -0.496 e. The Bertz CT molecular complexity index is 356. The Morgan fingerprint density at radius 1 is 1.53 bits per heavy atom. The number of methoxy groups -OCH3 is 1. The number of hydrogen-bond donors (Lipinski definition) is 0. The lowest BCUT2D eigenvalue weighted by Gasteiger charge is -2.17. The average molecular weight is 292 g/mol. The minimum atomic E-state index is 0.0404. The number of ether oxygens (including phenoxy) is 2. The zero-order valence-corrected chi connectivity index (χ0v) is 10.7. The van der Waals surface area contributed by atoms with E-state index in [9.17, 15) is 0 Å². The minimum absolute atomic E-state index is 0.0404. The Hall–Kier alpha value is -0.250. The van der Waals surface area contributed by atoms with Crippen LogP contribution in [0.25, 0.3) is 0 Å². The fraction of sp³-hybridized carbons (Fsp3) is 0.455. The fourth-order valence-electron chi connectivity index (χ4n) is 1.78. The second-order valence-corrected chi connectivity index (χ2v) is 5.09. The average Bonchev–Trinajstić information content (AvgIpc) is 2.64. The van der Waals surface area contributed by atoms with Gasteiger partial charge >= 0.3 is 0 Å². The quantitative estimate of drug-likeness (QED) is 0.776. The Labute approximate surface area is 103 Å². The molecule has 1 aliphatic rings. The van der Waals surface area contributed by atoms with Gasteiger partial charge in [0.05, 0.1) is 13.2 Å². The van der Waals surface area contributed by atoms with Crippen LogP contribution in [0.1, 0.15) is 18.1 Å². The van der Waals surface area contributed by atoms with Crippen LogP contribution in [-0.4, -0.2) is 18.5 Å². The summed E-state index contributed by atoms with van der Waals surface area (Å²) < 4.78 is 11.0. The molecule has 0 spiro atoms. The summed E-state index contributed by atoms with van der Waals surface area (Å²) in [4.78, 5) is 0.338. The smallest absolute Gasteiger partial charge is 0.124 e. The number of benzene rings is 1. The van der Waals surface area contributed by atoms with Crippen molar-refractivity contribution in [2.75, 3.05) is 13.7 Å². The van der Waals surface area contributed by atoms with Crippen molar-refractivity contribution < 1.29 is 9.47 Å². The second kappa shape index (κ2) is 4.73. The highest BCUT2D eigenvalue weighted by Crippen LogP contribution is 2.39. The van der Waals surface area contributed by atoms with E-state index in [0.29, 0.717) is 9.85 Å². The van der Waals surface area contributed by atoms with Crippen molar-refractivity contribution in [3.05, 3.63) is 28.8 Å². The molecular formula is C11H12BrClO2. The number of halogens is 2. The molecule has 0 radical (unpaired) electrons. The van der Waals surface area contributed by atoms with Crippen LogP contribution in [0, 0.1) is 0 Å². The molecule has 1 saturated heterocycles. The van der Waals surface area contributed by atoms with Crippen LogP contribution in [0.3, 0.4) is 0 Å². The summed E-state index contributed by atoms with van der Waals surface area (Å²) in [5.74, 6) is 0.829. The lowest BCUT2D eigenvalue weighted by molar-refractivity contribution is 0.112. The van der Waals surface area contributed by atoms with E-state index >= 15 is 0 Å². The van der Waals surface area contributed by atoms with Crippen molar-refractivity contribution in [2.45, 2.75) is 17.4 Å². The molecule has 0 amide bonds. The molecule has 82 valence electrons. The molecule has 1 aromatic carbocycles. The van der Waals surface area contributed by atoms with Gasteiger partial charge in [0.15, 0.2) is 0 Å². The van der Waals surface area contributed by atoms with Gasteiger partial charge < -0.3 is 9.47 Å². The van der Waals surface area contributed by atoms with Crippen molar-refractivity contribution >= 4 is 27.5 Å². The molecule has 1 aliphatic heterocycles. The van der Waals surface area contributed by atoms with Crippen molar-refractivity contribution in [1.82, 2.24) is 0 Å². The van der Waals surface area contributed by atoms with Gasteiger partial charge in [0.25, 0.3) is 0 Å². The Balaban J connectivity index is 2.36. The lowest BCUT2D eigenvalue weighted by atomic mass is 10.1. The summed E-state index contributed by atoms with van der Waals surface area (Å²) in [5, 5.41) is 0.709. The van der Waals surface area contributed by atoms with Gasteiger partial charge in [-0.05, 0) is 24.6 Å². The maximum atomic E-state index is 5.97. The molecule has 2 nitrogen and oxygen atoms in total. The highest BCUT2D eigenvalue weighted by molar-refractivity contribution is 9.09. The summed E-state index contributed by atoms with van der Waals surface area (Å²) in [6.07, 6.45) is 1.05. The summed E-state index contributed by atoms with van der Waals surface area (Å²) in [5.41, 5.74) is 1.02. The molecule has 2 atom stereocenters. The first-order valence-electron chi connectivity index (χ1n) is 4.81. The summed E-state index contributed by atoms with van der Waals surface area (Å²) in [6, 6.07) is 5.60. The van der Waals surface area contributed by atoms with E-state index in [1.165, 1.54) is 0 Å². The van der Waals surface area contributed by atoms with Crippen LogP contribution in [0.2, 0.25) is 5.02 Å². The van der Waals surface area contributed by atoms with E-state index in [4.69, 9.17) is 21.1 Å². The molecule has 1 heterocycles. The van der Waals surface area contributed by atoms with E-state index in [0.717, 1.165) is 24.3 Å². The lowest BCUT2D eigenvalue weighted by Crippen LogP contribution is -2.07.